The molecule has 3 N–H and O–H groups in total. The number of aryl methyl sites for hydroxylation is 1. The summed E-state index contributed by atoms with van der Waals surface area (Å²) in [6, 6.07) is 8.17. The van der Waals surface area contributed by atoms with E-state index < -0.39 is 11.8 Å². The predicted octanol–water partition coefficient (Wildman–Crippen LogP) is -1.19. The highest BCUT2D eigenvalue weighted by atomic mass is 79.9. The standard InChI is InChI=1S/C18H24BrN3O3.BrH/c1-3-17(18(24)20-25)14(11-23)8-16-10-22(12-21(16)2)9-13-4-6-15(19)7-5-13;/h4-7,10,12,14,17,23H,3,8-9,11H2,1-2H3,(H-,20,24,25);1H. The van der Waals surface area contributed by atoms with Gasteiger partial charge in [0.2, 0.25) is 12.2 Å². The Morgan fingerprint density at radius 3 is 2.54 bits per heavy atom. The number of rotatable bonds is 8. The fraction of sp³-hybridized carbons (Fsp3) is 0.444. The van der Waals surface area contributed by atoms with Gasteiger partial charge >= 0.3 is 0 Å². The molecule has 0 fully saturated rings. The normalized spacial score (nSPS) is 13.0. The molecule has 1 aromatic carbocycles. The molecule has 2 atom stereocenters. The van der Waals surface area contributed by atoms with Crippen molar-refractivity contribution in [2.75, 3.05) is 6.61 Å². The molecule has 8 heteroatoms. The molecular weight excluding hydrogens is 466 g/mol. The van der Waals surface area contributed by atoms with Crippen molar-refractivity contribution in [3.8, 4) is 0 Å². The topological polar surface area (TPSA) is 78.4 Å². The number of benzene rings is 1. The fourth-order valence-electron chi connectivity index (χ4n) is 3.11. The van der Waals surface area contributed by atoms with Gasteiger partial charge < -0.3 is 22.1 Å². The van der Waals surface area contributed by atoms with E-state index in [-0.39, 0.29) is 29.5 Å². The van der Waals surface area contributed by atoms with Gasteiger partial charge in [-0.15, -0.1) is 0 Å². The first-order valence-corrected chi connectivity index (χ1v) is 9.11. The Kier molecular flexibility index (Phi) is 9.49. The first kappa shape index (κ1) is 22.8. The first-order chi connectivity index (χ1) is 12.0. The van der Waals surface area contributed by atoms with Gasteiger partial charge in [-0.1, -0.05) is 35.0 Å². The number of hydrogen-bond donors (Lipinski definition) is 3. The second kappa shape index (κ2) is 10.8. The van der Waals surface area contributed by atoms with Crippen LogP contribution in [0.25, 0.3) is 0 Å². The molecule has 0 aliphatic rings. The first-order valence-electron chi connectivity index (χ1n) is 8.32. The number of carbonyl (C=O) groups is 1. The van der Waals surface area contributed by atoms with E-state index >= 15 is 0 Å². The van der Waals surface area contributed by atoms with Crippen molar-refractivity contribution in [2.24, 2.45) is 18.9 Å². The number of aliphatic hydroxyl groups excluding tert-OH is 1. The maximum absolute atomic E-state index is 11.8. The number of amides is 1. The van der Waals surface area contributed by atoms with Crippen LogP contribution in [0.15, 0.2) is 41.3 Å². The second-order valence-electron chi connectivity index (χ2n) is 6.28. The summed E-state index contributed by atoms with van der Waals surface area (Å²) >= 11 is 3.43. The number of hydroxylamine groups is 1. The van der Waals surface area contributed by atoms with Gasteiger partial charge in [0.25, 0.3) is 0 Å². The number of hydrogen-bond acceptors (Lipinski definition) is 3. The molecule has 0 saturated heterocycles. The van der Waals surface area contributed by atoms with E-state index in [1.165, 1.54) is 5.56 Å². The van der Waals surface area contributed by atoms with Crippen molar-refractivity contribution < 1.29 is 36.7 Å². The second-order valence-corrected chi connectivity index (χ2v) is 7.20. The maximum Gasteiger partial charge on any atom is 0.246 e. The van der Waals surface area contributed by atoms with Crippen LogP contribution in [-0.4, -0.2) is 27.4 Å². The minimum atomic E-state index is -0.446. The number of halogens is 2. The summed E-state index contributed by atoms with van der Waals surface area (Å²) in [6.45, 7) is 2.52. The summed E-state index contributed by atoms with van der Waals surface area (Å²) in [5.74, 6) is -1.12. The van der Waals surface area contributed by atoms with Crippen LogP contribution in [-0.2, 0) is 24.8 Å². The fourth-order valence-corrected chi connectivity index (χ4v) is 3.38. The molecule has 144 valence electrons. The number of aromatic nitrogens is 2. The van der Waals surface area contributed by atoms with Crippen molar-refractivity contribution >= 4 is 21.8 Å². The lowest BCUT2D eigenvalue weighted by Gasteiger charge is -2.21. The Bertz CT molecular complexity index is 704. The Morgan fingerprint density at radius 2 is 2.00 bits per heavy atom. The Hall–Kier alpha value is -1.22. The van der Waals surface area contributed by atoms with Gasteiger partial charge in [-0.25, -0.2) is 14.6 Å². The molecular formula is C18H25Br2N3O3. The van der Waals surface area contributed by atoms with E-state index in [1.54, 1.807) is 5.48 Å². The van der Waals surface area contributed by atoms with E-state index in [1.807, 2.05) is 43.2 Å². The molecule has 1 aromatic heterocycles. The van der Waals surface area contributed by atoms with Gasteiger partial charge in [-0.05, 0) is 24.1 Å². The van der Waals surface area contributed by atoms with Gasteiger partial charge in [0.1, 0.15) is 18.4 Å². The lowest BCUT2D eigenvalue weighted by molar-refractivity contribution is -0.688. The molecule has 0 bridgehead atoms. The smallest absolute Gasteiger partial charge is 0.246 e. The van der Waals surface area contributed by atoms with Crippen molar-refractivity contribution in [3.05, 3.63) is 52.5 Å². The third-order valence-electron chi connectivity index (χ3n) is 4.53. The van der Waals surface area contributed by atoms with Crippen molar-refractivity contribution in [3.63, 3.8) is 0 Å². The SMILES string of the molecule is CCC(C(=O)NO)C(CO)Cc1c[n+](Cc2ccc(Br)cc2)cn1C.[Br-]. The Morgan fingerprint density at radius 1 is 1.35 bits per heavy atom. The molecule has 0 saturated carbocycles. The largest absolute Gasteiger partial charge is 1.00 e. The van der Waals surface area contributed by atoms with Crippen LogP contribution in [0.4, 0.5) is 0 Å². The van der Waals surface area contributed by atoms with Gasteiger partial charge in [0.15, 0.2) is 0 Å². The van der Waals surface area contributed by atoms with Crippen LogP contribution in [0.1, 0.15) is 24.6 Å². The van der Waals surface area contributed by atoms with Crippen LogP contribution in [0.2, 0.25) is 0 Å². The molecule has 1 amide bonds. The molecule has 2 aromatic rings. The van der Waals surface area contributed by atoms with E-state index in [9.17, 15) is 9.90 Å². The van der Waals surface area contributed by atoms with E-state index in [0.717, 1.165) is 16.7 Å². The molecule has 26 heavy (non-hydrogen) atoms. The molecule has 0 aliphatic heterocycles. The summed E-state index contributed by atoms with van der Waals surface area (Å²) in [5.41, 5.74) is 3.93. The highest BCUT2D eigenvalue weighted by Gasteiger charge is 2.28. The molecule has 2 rings (SSSR count). The Balaban J connectivity index is 0.00000338. The molecule has 1 heterocycles. The average Bonchev–Trinajstić information content (AvgIpc) is 2.95. The van der Waals surface area contributed by atoms with Gasteiger partial charge in [-0.2, -0.15) is 0 Å². The summed E-state index contributed by atoms with van der Waals surface area (Å²) < 4.78 is 5.14. The highest BCUT2D eigenvalue weighted by molar-refractivity contribution is 9.10. The predicted molar refractivity (Wildman–Crippen MR) is 96.8 cm³/mol. The third kappa shape index (κ3) is 5.90. The lowest BCUT2D eigenvalue weighted by Crippen LogP contribution is -3.00. The maximum atomic E-state index is 11.8. The number of aliphatic hydroxyl groups is 1. The summed E-state index contributed by atoms with van der Waals surface area (Å²) in [4.78, 5) is 11.8. The van der Waals surface area contributed by atoms with Crippen LogP contribution in [0, 0.1) is 11.8 Å². The number of imidazole rings is 1. The minimum Gasteiger partial charge on any atom is -1.00 e. The zero-order valence-electron chi connectivity index (χ0n) is 14.9. The number of carbonyl (C=O) groups excluding carboxylic acids is 1. The summed E-state index contributed by atoms with van der Waals surface area (Å²) in [7, 11) is 1.95. The van der Waals surface area contributed by atoms with Crippen LogP contribution < -0.4 is 27.0 Å². The zero-order valence-corrected chi connectivity index (χ0v) is 18.1. The number of nitrogens with one attached hydrogen (secondary N) is 1. The van der Waals surface area contributed by atoms with Crippen molar-refractivity contribution in [1.29, 1.82) is 0 Å². The molecule has 0 aliphatic carbocycles. The van der Waals surface area contributed by atoms with E-state index in [0.29, 0.717) is 12.8 Å². The average molecular weight is 491 g/mol. The van der Waals surface area contributed by atoms with Crippen LogP contribution >= 0.6 is 15.9 Å². The lowest BCUT2D eigenvalue weighted by atomic mass is 9.86. The molecule has 6 nitrogen and oxygen atoms in total. The van der Waals surface area contributed by atoms with Crippen molar-refractivity contribution in [2.45, 2.75) is 26.3 Å². The van der Waals surface area contributed by atoms with E-state index in [2.05, 4.69) is 32.6 Å². The van der Waals surface area contributed by atoms with Crippen LogP contribution in [0.5, 0.6) is 0 Å². The quantitative estimate of drug-likeness (QED) is 0.247. The summed E-state index contributed by atoms with van der Waals surface area (Å²) in [5, 5.41) is 18.6. The third-order valence-corrected chi connectivity index (χ3v) is 5.06. The van der Waals surface area contributed by atoms with Crippen LogP contribution in [0.3, 0.4) is 0 Å². The van der Waals surface area contributed by atoms with E-state index in [4.69, 9.17) is 5.21 Å². The van der Waals surface area contributed by atoms with Crippen molar-refractivity contribution in [1.82, 2.24) is 10.0 Å². The monoisotopic (exact) mass is 489 g/mol. The molecule has 0 radical (unpaired) electrons. The zero-order chi connectivity index (χ0) is 18.4. The summed E-state index contributed by atoms with van der Waals surface area (Å²) in [6.07, 6.45) is 5.15. The van der Waals surface area contributed by atoms with Gasteiger partial charge in [0, 0.05) is 29.3 Å². The molecule has 2 unspecified atom stereocenters. The van der Waals surface area contributed by atoms with Gasteiger partial charge in [0.05, 0.1) is 7.05 Å². The molecule has 0 spiro atoms. The van der Waals surface area contributed by atoms with Gasteiger partial charge in [-0.3, -0.25) is 10.0 Å². The number of nitrogens with zero attached hydrogens (tertiary/aromatic N) is 2. The minimum absolute atomic E-state index is 0. The highest BCUT2D eigenvalue weighted by Crippen LogP contribution is 2.20. The Labute approximate surface area is 172 Å².